The Kier molecular flexibility index (Phi) is 4.36. The Morgan fingerprint density at radius 2 is 2.03 bits per heavy atom. The predicted molar refractivity (Wildman–Crippen MR) is 121 cm³/mol. The van der Waals surface area contributed by atoms with E-state index in [9.17, 15) is 4.79 Å². The van der Waals surface area contributed by atoms with Gasteiger partial charge in [-0.2, -0.15) is 10.1 Å². The van der Waals surface area contributed by atoms with Crippen LogP contribution < -0.4 is 15.5 Å². The average Bonchev–Trinajstić information content (AvgIpc) is 3.56. The van der Waals surface area contributed by atoms with Crippen LogP contribution in [0.25, 0.3) is 22.0 Å². The summed E-state index contributed by atoms with van der Waals surface area (Å²) in [4.78, 5) is 28.6. The number of carbonyl (C=O) groups is 1. The fourth-order valence-electron chi connectivity index (χ4n) is 4.63. The number of aromatic nitrogens is 5. The summed E-state index contributed by atoms with van der Waals surface area (Å²) >= 11 is 0. The van der Waals surface area contributed by atoms with Crippen molar-refractivity contribution in [2.75, 3.05) is 23.3 Å². The first-order valence-corrected chi connectivity index (χ1v) is 10.7. The van der Waals surface area contributed by atoms with Crippen molar-refractivity contribution in [3.63, 3.8) is 0 Å². The van der Waals surface area contributed by atoms with Crippen molar-refractivity contribution in [2.24, 2.45) is 7.05 Å². The lowest BCUT2D eigenvalue weighted by Gasteiger charge is -2.29. The number of hydrogen-bond donors (Lipinski definition) is 2. The second kappa shape index (κ2) is 7.38. The number of benzene rings is 1. The summed E-state index contributed by atoms with van der Waals surface area (Å²) in [5.74, 6) is 0.908. The van der Waals surface area contributed by atoms with Gasteiger partial charge in [0.15, 0.2) is 0 Å². The lowest BCUT2D eigenvalue weighted by Crippen LogP contribution is -2.44. The zero-order valence-electron chi connectivity index (χ0n) is 17.6. The topological polar surface area (TPSA) is 101 Å². The van der Waals surface area contributed by atoms with Gasteiger partial charge in [-0.3, -0.25) is 19.8 Å². The second-order valence-corrected chi connectivity index (χ2v) is 8.34. The third-order valence-electron chi connectivity index (χ3n) is 6.21. The molecule has 0 aliphatic carbocycles. The van der Waals surface area contributed by atoms with E-state index < -0.39 is 0 Å². The van der Waals surface area contributed by atoms with E-state index in [0.717, 1.165) is 47.4 Å². The molecule has 32 heavy (non-hydrogen) atoms. The lowest BCUT2D eigenvalue weighted by atomic mass is 10.1. The van der Waals surface area contributed by atoms with Gasteiger partial charge >= 0.3 is 0 Å². The summed E-state index contributed by atoms with van der Waals surface area (Å²) < 4.78 is 1.78. The van der Waals surface area contributed by atoms with Crippen molar-refractivity contribution in [3.8, 4) is 11.1 Å². The van der Waals surface area contributed by atoms with Crippen LogP contribution in [0.15, 0.2) is 55.1 Å². The average molecular weight is 426 g/mol. The molecule has 9 nitrogen and oxygen atoms in total. The highest BCUT2D eigenvalue weighted by Crippen LogP contribution is 2.35. The first kappa shape index (κ1) is 18.9. The molecule has 160 valence electrons. The Balaban J connectivity index is 1.44. The van der Waals surface area contributed by atoms with Crippen LogP contribution in [-0.2, 0) is 7.05 Å². The summed E-state index contributed by atoms with van der Waals surface area (Å²) in [6.45, 7) is 1.85. The molecule has 2 bridgehead atoms. The Morgan fingerprint density at radius 3 is 2.75 bits per heavy atom. The van der Waals surface area contributed by atoms with Crippen LogP contribution in [0.1, 0.15) is 16.8 Å². The van der Waals surface area contributed by atoms with Crippen molar-refractivity contribution in [2.45, 2.75) is 18.5 Å². The van der Waals surface area contributed by atoms with E-state index in [4.69, 9.17) is 9.97 Å². The fraction of sp³-hybridized carbons (Fsp3) is 0.261. The first-order chi connectivity index (χ1) is 15.6. The number of hydrogen-bond acceptors (Lipinski definition) is 7. The van der Waals surface area contributed by atoms with E-state index in [-0.39, 0.29) is 5.91 Å². The minimum absolute atomic E-state index is 0.259. The van der Waals surface area contributed by atoms with E-state index in [2.05, 4.69) is 37.7 Å². The third-order valence-corrected chi connectivity index (χ3v) is 6.21. The van der Waals surface area contributed by atoms with Crippen LogP contribution in [0, 0.1) is 0 Å². The maximum Gasteiger partial charge on any atom is 0.258 e. The number of nitrogens with zero attached hydrogens (tertiary/aromatic N) is 6. The molecule has 9 heteroatoms. The summed E-state index contributed by atoms with van der Waals surface area (Å²) in [6.07, 6.45) is 8.10. The molecule has 1 amide bonds. The molecule has 2 atom stereocenters. The summed E-state index contributed by atoms with van der Waals surface area (Å²) in [7, 11) is 1.90. The van der Waals surface area contributed by atoms with Crippen LogP contribution in [-0.4, -0.2) is 55.8 Å². The number of carbonyl (C=O) groups excluding carboxylic acids is 1. The monoisotopic (exact) mass is 426 g/mol. The van der Waals surface area contributed by atoms with Gasteiger partial charge in [0.25, 0.3) is 5.91 Å². The molecular weight excluding hydrogens is 404 g/mol. The van der Waals surface area contributed by atoms with E-state index in [1.165, 1.54) is 0 Å². The molecule has 2 N–H and O–H groups in total. The zero-order valence-corrected chi connectivity index (χ0v) is 17.6. The minimum Gasteiger partial charge on any atom is -0.350 e. The van der Waals surface area contributed by atoms with Gasteiger partial charge in [0.1, 0.15) is 5.82 Å². The van der Waals surface area contributed by atoms with E-state index >= 15 is 0 Å². The SMILES string of the molecule is Cn1cc(-c2ccc3c(N4CC5CC4CN5)nc(NC(=O)c4ccncc4)nc3c2)cn1. The highest BCUT2D eigenvalue weighted by Gasteiger charge is 2.39. The number of amides is 1. The Hall–Kier alpha value is -3.85. The van der Waals surface area contributed by atoms with Gasteiger partial charge in [-0.05, 0) is 36.2 Å². The maximum absolute atomic E-state index is 12.7. The fourth-order valence-corrected chi connectivity index (χ4v) is 4.63. The number of anilines is 2. The summed E-state index contributed by atoms with van der Waals surface area (Å²) in [6, 6.07) is 10.4. The molecule has 2 fully saturated rings. The normalized spacial score (nSPS) is 19.6. The molecule has 4 aromatic rings. The molecule has 3 aromatic heterocycles. The van der Waals surface area contributed by atoms with Gasteiger partial charge in [-0.15, -0.1) is 0 Å². The molecule has 0 radical (unpaired) electrons. The van der Waals surface area contributed by atoms with Crippen molar-refractivity contribution in [1.29, 1.82) is 0 Å². The van der Waals surface area contributed by atoms with Gasteiger partial charge in [0, 0.05) is 67.3 Å². The van der Waals surface area contributed by atoms with E-state index in [0.29, 0.717) is 23.6 Å². The molecule has 2 saturated heterocycles. The van der Waals surface area contributed by atoms with E-state index in [1.807, 2.05) is 25.5 Å². The molecule has 2 aliphatic heterocycles. The van der Waals surface area contributed by atoms with Gasteiger partial charge in [0.2, 0.25) is 5.95 Å². The minimum atomic E-state index is -0.259. The molecule has 6 rings (SSSR count). The molecule has 0 spiro atoms. The number of aryl methyl sites for hydroxylation is 1. The number of piperazine rings is 1. The Bertz CT molecular complexity index is 1320. The highest BCUT2D eigenvalue weighted by atomic mass is 16.1. The zero-order chi connectivity index (χ0) is 21.7. The summed E-state index contributed by atoms with van der Waals surface area (Å²) in [5.41, 5.74) is 3.34. The molecule has 5 heterocycles. The summed E-state index contributed by atoms with van der Waals surface area (Å²) in [5, 5.41) is 11.7. The lowest BCUT2D eigenvalue weighted by molar-refractivity contribution is 0.102. The number of rotatable bonds is 4. The quantitative estimate of drug-likeness (QED) is 0.516. The van der Waals surface area contributed by atoms with Crippen LogP contribution >= 0.6 is 0 Å². The maximum atomic E-state index is 12.7. The van der Waals surface area contributed by atoms with Gasteiger partial charge in [0.05, 0.1) is 11.7 Å². The number of fused-ring (bicyclic) bond motifs is 3. The predicted octanol–water partition coefficient (Wildman–Crippen LogP) is 2.23. The van der Waals surface area contributed by atoms with Crippen LogP contribution in [0.3, 0.4) is 0 Å². The van der Waals surface area contributed by atoms with Crippen LogP contribution in [0.5, 0.6) is 0 Å². The van der Waals surface area contributed by atoms with Gasteiger partial charge in [-0.1, -0.05) is 6.07 Å². The van der Waals surface area contributed by atoms with Gasteiger partial charge < -0.3 is 10.2 Å². The van der Waals surface area contributed by atoms with Crippen molar-refractivity contribution < 1.29 is 4.79 Å². The number of pyridine rings is 1. The van der Waals surface area contributed by atoms with Crippen LogP contribution in [0.4, 0.5) is 11.8 Å². The highest BCUT2D eigenvalue weighted by molar-refractivity contribution is 6.04. The smallest absolute Gasteiger partial charge is 0.258 e. The second-order valence-electron chi connectivity index (χ2n) is 8.34. The number of nitrogens with one attached hydrogen (secondary N) is 2. The molecule has 0 saturated carbocycles. The van der Waals surface area contributed by atoms with Crippen LogP contribution in [0.2, 0.25) is 0 Å². The first-order valence-electron chi connectivity index (χ1n) is 10.7. The molecule has 2 unspecified atom stereocenters. The van der Waals surface area contributed by atoms with Crippen molar-refractivity contribution >= 4 is 28.6 Å². The third kappa shape index (κ3) is 3.27. The Labute approximate surface area is 184 Å². The van der Waals surface area contributed by atoms with E-state index in [1.54, 1.807) is 29.2 Å². The van der Waals surface area contributed by atoms with Crippen molar-refractivity contribution in [1.82, 2.24) is 30.0 Å². The van der Waals surface area contributed by atoms with Crippen molar-refractivity contribution in [3.05, 3.63) is 60.7 Å². The molecule has 2 aliphatic rings. The molecule has 1 aromatic carbocycles. The molecular formula is C23H22N8O. The Morgan fingerprint density at radius 1 is 1.16 bits per heavy atom. The van der Waals surface area contributed by atoms with Gasteiger partial charge in [-0.25, -0.2) is 4.98 Å². The largest absolute Gasteiger partial charge is 0.350 e. The standard InChI is InChI=1S/C23H22N8O/c1-30-12-16(10-26-30)15-2-3-19-20(8-15)27-23(29-22(32)14-4-6-24-7-5-14)28-21(19)31-13-17-9-18(31)11-25-17/h2-8,10,12,17-18,25H,9,11,13H2,1H3,(H,27,28,29,32).